The van der Waals surface area contributed by atoms with Crippen molar-refractivity contribution in [2.24, 2.45) is 0 Å². The molecule has 0 radical (unpaired) electrons. The molecule has 14 heteroatoms. The Labute approximate surface area is 196 Å². The summed E-state index contributed by atoms with van der Waals surface area (Å²) in [6.45, 7) is 1.01. The van der Waals surface area contributed by atoms with E-state index in [-0.39, 0.29) is 12.3 Å². The highest BCUT2D eigenvalue weighted by Gasteiger charge is 2.42. The number of rotatable bonds is 5. The highest BCUT2D eigenvalue weighted by molar-refractivity contribution is 7.18. The fourth-order valence-corrected chi connectivity index (χ4v) is 5.13. The minimum atomic E-state index is -4.75. The number of hydrogen-bond donors (Lipinski definition) is 1. The molecule has 0 unspecified atom stereocenters. The summed E-state index contributed by atoms with van der Waals surface area (Å²) in [7, 11) is 0. The van der Waals surface area contributed by atoms with E-state index in [0.717, 1.165) is 9.93 Å². The van der Waals surface area contributed by atoms with Crippen LogP contribution >= 0.6 is 11.3 Å². The first-order valence-electron chi connectivity index (χ1n) is 10.9. The second-order valence-corrected chi connectivity index (χ2v) is 9.08. The van der Waals surface area contributed by atoms with Crippen LogP contribution in [0.1, 0.15) is 24.8 Å². The van der Waals surface area contributed by atoms with E-state index >= 15 is 0 Å². The first-order valence-corrected chi connectivity index (χ1v) is 11.3. The molecule has 2 aromatic heterocycles. The largest absolute Gasteiger partial charge is 0.573 e. The van der Waals surface area contributed by atoms with Crippen molar-refractivity contribution in [3.63, 3.8) is 0 Å². The van der Waals surface area contributed by atoms with Gasteiger partial charge in [0.15, 0.2) is 11.7 Å². The molecule has 0 atom stereocenters. The predicted octanol–water partition coefficient (Wildman–Crippen LogP) is 3.14. The van der Waals surface area contributed by atoms with Gasteiger partial charge in [-0.25, -0.2) is 4.98 Å². The van der Waals surface area contributed by atoms with Crippen molar-refractivity contribution in [1.82, 2.24) is 25.2 Å². The molecule has 34 heavy (non-hydrogen) atoms. The number of anilines is 1. The zero-order valence-corrected chi connectivity index (χ0v) is 18.4. The smallest absolute Gasteiger partial charge is 0.487 e. The molecule has 0 bridgehead atoms. The van der Waals surface area contributed by atoms with Crippen LogP contribution in [0.2, 0.25) is 0 Å². The summed E-state index contributed by atoms with van der Waals surface area (Å²) in [5.74, 6) is -0.270. The summed E-state index contributed by atoms with van der Waals surface area (Å²) in [6, 6.07) is 4.50. The Bertz CT molecular complexity index is 1230. The Morgan fingerprint density at radius 2 is 2.15 bits per heavy atom. The van der Waals surface area contributed by atoms with Gasteiger partial charge in [-0.2, -0.15) is 4.80 Å². The topological polar surface area (TPSA) is 115 Å². The number of carbonyl (C=O) groups is 1. The number of piperidine rings is 1. The fourth-order valence-electron chi connectivity index (χ4n) is 4.24. The second-order valence-electron chi connectivity index (χ2n) is 8.08. The van der Waals surface area contributed by atoms with Crippen molar-refractivity contribution >= 4 is 22.4 Å². The van der Waals surface area contributed by atoms with Gasteiger partial charge in [-0.15, -0.1) is 23.4 Å². The molecule has 1 saturated heterocycles. The quantitative estimate of drug-likeness (QED) is 0.568. The number of nitrogens with zero attached hydrogens (tertiary/aromatic N) is 6. The molecule has 1 fully saturated rings. The number of thiazole rings is 1. The summed E-state index contributed by atoms with van der Waals surface area (Å²) >= 11 is 1.38. The molecular formula is C20H19F3N6O4S. The maximum absolute atomic E-state index is 12.7. The number of carboxylic acids is 1. The number of ether oxygens (including phenoxy) is 2. The van der Waals surface area contributed by atoms with E-state index in [9.17, 15) is 18.0 Å². The Kier molecular flexibility index (Phi) is 5.23. The van der Waals surface area contributed by atoms with Crippen LogP contribution in [0.4, 0.5) is 18.3 Å². The number of benzene rings is 1. The van der Waals surface area contributed by atoms with Crippen LogP contribution in [0.3, 0.4) is 0 Å². The number of tetrazole rings is 1. The van der Waals surface area contributed by atoms with Crippen molar-refractivity contribution < 1.29 is 32.5 Å². The van der Waals surface area contributed by atoms with E-state index in [1.54, 1.807) is 12.3 Å². The lowest BCUT2D eigenvalue weighted by Crippen LogP contribution is -2.49. The molecule has 0 saturated carbocycles. The Morgan fingerprint density at radius 3 is 2.91 bits per heavy atom. The number of hydrogen-bond acceptors (Lipinski definition) is 10. The predicted molar refractivity (Wildman–Crippen MR) is 113 cm³/mol. The van der Waals surface area contributed by atoms with Gasteiger partial charge in [-0.3, -0.25) is 4.79 Å². The zero-order valence-electron chi connectivity index (χ0n) is 18.6. The highest BCUT2D eigenvalue weighted by atomic mass is 32.1. The van der Waals surface area contributed by atoms with E-state index in [1.165, 1.54) is 23.5 Å². The minimum absolute atomic E-state index is 0.209. The van der Waals surface area contributed by atoms with Crippen LogP contribution in [0.25, 0.3) is 12.1 Å². The average Bonchev–Trinajstić information content (AvgIpc) is 3.48. The normalized spacial score (nSPS) is 17.6. The van der Waals surface area contributed by atoms with E-state index in [4.69, 9.17) is 6.17 Å². The minimum Gasteiger partial charge on any atom is -0.487 e. The lowest BCUT2D eigenvalue weighted by molar-refractivity contribution is -0.275. The van der Waals surface area contributed by atoms with Gasteiger partial charge >= 0.3 is 12.3 Å². The Morgan fingerprint density at radius 1 is 1.32 bits per heavy atom. The van der Waals surface area contributed by atoms with Gasteiger partial charge in [0.1, 0.15) is 17.1 Å². The standard InChI is InChI=1S/C20H19F3N6O4S/c21-20(22,23)33-14-3-1-2-13-12(14)4-5-19(32-13)6-8-28(9-7-19)18-24-10-15(34-18)17-25-27-29(26-17)11-16(30)31/h1-3,10H,4-9,11H2,(H,30,31)/i/hD. The van der Waals surface area contributed by atoms with Crippen LogP contribution in [-0.2, 0) is 17.8 Å². The zero-order chi connectivity index (χ0) is 24.6. The number of fused-ring (bicyclic) bond motifs is 1. The fraction of sp³-hybridized carbons (Fsp3) is 0.450. The molecule has 2 aliphatic heterocycles. The van der Waals surface area contributed by atoms with Gasteiger partial charge in [-0.05, 0) is 30.2 Å². The molecule has 4 heterocycles. The van der Waals surface area contributed by atoms with Crippen molar-refractivity contribution in [3.05, 3.63) is 30.0 Å². The summed E-state index contributed by atoms with van der Waals surface area (Å²) in [6.07, 6.45) is -0.699. The van der Waals surface area contributed by atoms with E-state index in [2.05, 4.69) is 35.1 Å². The molecule has 3 aromatic rings. The van der Waals surface area contributed by atoms with Crippen molar-refractivity contribution in [2.45, 2.75) is 44.2 Å². The summed E-state index contributed by atoms with van der Waals surface area (Å²) in [4.78, 5) is 19.5. The number of halogens is 3. The van der Waals surface area contributed by atoms with Gasteiger partial charge in [0.05, 0.1) is 11.1 Å². The first kappa shape index (κ1) is 21.1. The SMILES string of the molecule is [2H]OC(=O)Cn1nnc(-c2cnc(N3CCC4(CCc5c(OC(F)(F)F)cccc5O4)CC3)s2)n1. The highest BCUT2D eigenvalue weighted by Crippen LogP contribution is 2.44. The van der Waals surface area contributed by atoms with E-state index in [1.807, 2.05) is 0 Å². The third kappa shape index (κ3) is 4.62. The lowest BCUT2D eigenvalue weighted by Gasteiger charge is -2.44. The molecule has 180 valence electrons. The molecule has 0 aliphatic carbocycles. The summed E-state index contributed by atoms with van der Waals surface area (Å²) in [5.41, 5.74) is -0.00377. The van der Waals surface area contributed by atoms with Crippen LogP contribution < -0.4 is 14.4 Å². The summed E-state index contributed by atoms with van der Waals surface area (Å²) < 4.78 is 55.2. The molecule has 10 nitrogen and oxygen atoms in total. The van der Waals surface area contributed by atoms with Crippen molar-refractivity contribution in [2.75, 3.05) is 18.0 Å². The number of aromatic nitrogens is 5. The molecule has 0 amide bonds. The second kappa shape index (κ2) is 8.42. The summed E-state index contributed by atoms with van der Waals surface area (Å²) in [5, 5.41) is 16.4. The van der Waals surface area contributed by atoms with Gasteiger partial charge < -0.3 is 19.5 Å². The maximum Gasteiger partial charge on any atom is 0.573 e. The Balaban J connectivity index is 1.23. The third-order valence-electron chi connectivity index (χ3n) is 5.86. The molecule has 1 spiro atoms. The van der Waals surface area contributed by atoms with Gasteiger partial charge in [0.25, 0.3) is 1.43 Å². The molecule has 2 aliphatic rings. The van der Waals surface area contributed by atoms with Gasteiger partial charge in [0.2, 0.25) is 5.82 Å². The number of alkyl halides is 3. The molecule has 1 N–H and O–H groups in total. The van der Waals surface area contributed by atoms with Crippen LogP contribution in [0.5, 0.6) is 11.5 Å². The van der Waals surface area contributed by atoms with E-state index < -0.39 is 17.9 Å². The van der Waals surface area contributed by atoms with Crippen molar-refractivity contribution in [1.29, 1.82) is 1.43 Å². The molecule has 5 rings (SSSR count). The van der Waals surface area contributed by atoms with Crippen LogP contribution in [0, 0.1) is 0 Å². The van der Waals surface area contributed by atoms with Gasteiger partial charge in [0, 0.05) is 31.5 Å². The van der Waals surface area contributed by atoms with E-state index in [0.29, 0.717) is 60.8 Å². The monoisotopic (exact) mass is 497 g/mol. The molecule has 1 aromatic carbocycles. The van der Waals surface area contributed by atoms with Gasteiger partial charge in [-0.1, -0.05) is 17.4 Å². The van der Waals surface area contributed by atoms with Crippen LogP contribution in [-0.4, -0.2) is 61.3 Å². The first-order chi connectivity index (χ1) is 16.7. The number of carboxylic acid groups (broad SMARTS) is 1. The van der Waals surface area contributed by atoms with Crippen LogP contribution in [0.15, 0.2) is 24.4 Å². The maximum atomic E-state index is 12.7. The Hall–Kier alpha value is -3.42. The average molecular weight is 497 g/mol. The number of aliphatic carboxylic acids is 1. The lowest BCUT2D eigenvalue weighted by atomic mass is 9.83. The van der Waals surface area contributed by atoms with Crippen molar-refractivity contribution in [3.8, 4) is 22.2 Å². The third-order valence-corrected chi connectivity index (χ3v) is 6.91. The molecular weight excluding hydrogens is 477 g/mol.